The molecule has 0 N–H and O–H groups in total. The number of nitrogens with zero attached hydrogens (tertiary/aromatic N) is 1. The second-order valence-electron chi connectivity index (χ2n) is 6.30. The molecule has 0 bridgehead atoms. The quantitative estimate of drug-likeness (QED) is 0.721. The number of benzene rings is 2. The normalized spacial score (nSPS) is 17.3. The summed E-state index contributed by atoms with van der Waals surface area (Å²) in [5, 5.41) is 0. The Morgan fingerprint density at radius 3 is 2.73 bits per heavy atom. The Labute approximate surface area is 159 Å². The van der Waals surface area contributed by atoms with Gasteiger partial charge in [-0.25, -0.2) is 0 Å². The fourth-order valence-electron chi connectivity index (χ4n) is 3.19. The van der Waals surface area contributed by atoms with Gasteiger partial charge in [-0.1, -0.05) is 30.3 Å². The number of morpholine rings is 1. The van der Waals surface area contributed by atoms with E-state index in [0.717, 1.165) is 17.5 Å². The van der Waals surface area contributed by atoms with Gasteiger partial charge in [0.25, 0.3) is 5.91 Å². The molecule has 0 saturated carbocycles. The standard InChI is InChI=1S/C21H25NO3S/c1-24-13-11-18-15-22(12-14-25-18)21(23)17-9-7-16(8-10-17)19-5-3-4-6-20(19)26-2/h3-10,18H,11-15H2,1-2H3. The van der Waals surface area contributed by atoms with E-state index in [1.54, 1.807) is 18.9 Å². The Bertz CT molecular complexity index is 732. The minimum absolute atomic E-state index is 0.0559. The first kappa shape index (κ1) is 19.0. The van der Waals surface area contributed by atoms with Gasteiger partial charge < -0.3 is 14.4 Å². The van der Waals surface area contributed by atoms with Crippen molar-refractivity contribution in [2.24, 2.45) is 0 Å². The zero-order valence-corrected chi connectivity index (χ0v) is 16.1. The topological polar surface area (TPSA) is 38.8 Å². The zero-order valence-electron chi connectivity index (χ0n) is 15.3. The number of amides is 1. The molecule has 26 heavy (non-hydrogen) atoms. The highest BCUT2D eigenvalue weighted by Gasteiger charge is 2.24. The fraction of sp³-hybridized carbons (Fsp3) is 0.381. The van der Waals surface area contributed by atoms with E-state index in [1.807, 2.05) is 41.3 Å². The zero-order chi connectivity index (χ0) is 18.4. The van der Waals surface area contributed by atoms with Crippen molar-refractivity contribution in [1.82, 2.24) is 4.90 Å². The molecule has 138 valence electrons. The molecular weight excluding hydrogens is 346 g/mol. The van der Waals surface area contributed by atoms with E-state index in [4.69, 9.17) is 9.47 Å². The average molecular weight is 372 g/mol. The Balaban J connectivity index is 1.71. The first-order chi connectivity index (χ1) is 12.7. The van der Waals surface area contributed by atoms with Gasteiger partial charge in [0.15, 0.2) is 0 Å². The van der Waals surface area contributed by atoms with Crippen LogP contribution in [0.3, 0.4) is 0 Å². The molecule has 1 aliphatic heterocycles. The smallest absolute Gasteiger partial charge is 0.254 e. The number of hydrogen-bond acceptors (Lipinski definition) is 4. The number of carbonyl (C=O) groups is 1. The summed E-state index contributed by atoms with van der Waals surface area (Å²) in [6.45, 7) is 2.49. The van der Waals surface area contributed by atoms with Gasteiger partial charge in [0.1, 0.15) is 0 Å². The number of carbonyl (C=O) groups excluding carboxylic acids is 1. The number of hydrogen-bond donors (Lipinski definition) is 0. The lowest BCUT2D eigenvalue weighted by atomic mass is 10.0. The summed E-state index contributed by atoms with van der Waals surface area (Å²) in [4.78, 5) is 15.9. The number of ether oxygens (including phenoxy) is 2. The lowest BCUT2D eigenvalue weighted by Crippen LogP contribution is -2.45. The van der Waals surface area contributed by atoms with Gasteiger partial charge in [-0.3, -0.25) is 4.79 Å². The number of rotatable bonds is 6. The van der Waals surface area contributed by atoms with Crippen LogP contribution in [-0.2, 0) is 9.47 Å². The van der Waals surface area contributed by atoms with Crippen LogP contribution in [0.1, 0.15) is 16.8 Å². The van der Waals surface area contributed by atoms with E-state index < -0.39 is 0 Å². The van der Waals surface area contributed by atoms with Crippen LogP contribution < -0.4 is 0 Å². The third kappa shape index (κ3) is 4.47. The highest BCUT2D eigenvalue weighted by atomic mass is 32.2. The van der Waals surface area contributed by atoms with Crippen molar-refractivity contribution in [1.29, 1.82) is 0 Å². The Kier molecular flexibility index (Phi) is 6.72. The van der Waals surface area contributed by atoms with E-state index in [1.165, 1.54) is 10.5 Å². The molecule has 0 aromatic heterocycles. The van der Waals surface area contributed by atoms with Crippen molar-refractivity contribution in [3.63, 3.8) is 0 Å². The molecule has 1 unspecified atom stereocenters. The molecular formula is C21H25NO3S. The molecule has 1 aliphatic rings. The Morgan fingerprint density at radius 2 is 2.00 bits per heavy atom. The van der Waals surface area contributed by atoms with Crippen LogP contribution in [0.25, 0.3) is 11.1 Å². The van der Waals surface area contributed by atoms with Crippen molar-refractivity contribution in [3.05, 3.63) is 54.1 Å². The predicted molar refractivity (Wildman–Crippen MR) is 106 cm³/mol. The molecule has 1 atom stereocenters. The first-order valence-corrected chi connectivity index (χ1v) is 10.1. The third-order valence-corrected chi connectivity index (χ3v) is 5.42. The maximum atomic E-state index is 12.8. The molecule has 1 saturated heterocycles. The highest BCUT2D eigenvalue weighted by Crippen LogP contribution is 2.30. The maximum Gasteiger partial charge on any atom is 0.254 e. The molecule has 0 spiro atoms. The minimum Gasteiger partial charge on any atom is -0.385 e. The monoisotopic (exact) mass is 371 g/mol. The van der Waals surface area contributed by atoms with Crippen LogP contribution in [-0.4, -0.2) is 56.6 Å². The van der Waals surface area contributed by atoms with Crippen LogP contribution in [0.5, 0.6) is 0 Å². The summed E-state index contributed by atoms with van der Waals surface area (Å²) in [7, 11) is 1.68. The minimum atomic E-state index is 0.0559. The largest absolute Gasteiger partial charge is 0.385 e. The van der Waals surface area contributed by atoms with Crippen LogP contribution in [0, 0.1) is 0 Å². The van der Waals surface area contributed by atoms with E-state index in [-0.39, 0.29) is 12.0 Å². The Hall–Kier alpha value is -1.82. The van der Waals surface area contributed by atoms with Gasteiger partial charge in [0.2, 0.25) is 0 Å². The molecule has 5 heteroatoms. The van der Waals surface area contributed by atoms with Crippen LogP contribution in [0.15, 0.2) is 53.4 Å². The molecule has 0 radical (unpaired) electrons. The second-order valence-corrected chi connectivity index (χ2v) is 7.15. The van der Waals surface area contributed by atoms with Crippen molar-refractivity contribution < 1.29 is 14.3 Å². The van der Waals surface area contributed by atoms with Gasteiger partial charge in [-0.15, -0.1) is 11.8 Å². The van der Waals surface area contributed by atoms with Crippen molar-refractivity contribution >= 4 is 17.7 Å². The Morgan fingerprint density at radius 1 is 1.23 bits per heavy atom. The lowest BCUT2D eigenvalue weighted by molar-refractivity contribution is -0.0332. The number of methoxy groups -OCH3 is 1. The maximum absolute atomic E-state index is 12.8. The highest BCUT2D eigenvalue weighted by molar-refractivity contribution is 7.98. The molecule has 1 heterocycles. The van der Waals surface area contributed by atoms with Crippen LogP contribution >= 0.6 is 11.8 Å². The molecule has 4 nitrogen and oxygen atoms in total. The molecule has 0 aliphatic carbocycles. The first-order valence-electron chi connectivity index (χ1n) is 8.86. The van der Waals surface area contributed by atoms with E-state index in [0.29, 0.717) is 26.3 Å². The van der Waals surface area contributed by atoms with Gasteiger partial charge >= 0.3 is 0 Å². The summed E-state index contributed by atoms with van der Waals surface area (Å²) in [6.07, 6.45) is 2.94. The van der Waals surface area contributed by atoms with Crippen molar-refractivity contribution in [3.8, 4) is 11.1 Å². The van der Waals surface area contributed by atoms with Crippen molar-refractivity contribution in [2.75, 3.05) is 39.7 Å². The summed E-state index contributed by atoms with van der Waals surface area (Å²) in [6, 6.07) is 16.2. The van der Waals surface area contributed by atoms with E-state index >= 15 is 0 Å². The van der Waals surface area contributed by atoms with Crippen LogP contribution in [0.2, 0.25) is 0 Å². The third-order valence-electron chi connectivity index (χ3n) is 4.62. The molecule has 1 fully saturated rings. The molecule has 3 rings (SSSR count). The van der Waals surface area contributed by atoms with Crippen molar-refractivity contribution in [2.45, 2.75) is 17.4 Å². The van der Waals surface area contributed by atoms with Gasteiger partial charge in [-0.05, 0) is 42.0 Å². The SMILES string of the molecule is COCCC1CN(C(=O)c2ccc(-c3ccccc3SC)cc2)CCO1. The second kappa shape index (κ2) is 9.21. The summed E-state index contributed by atoms with van der Waals surface area (Å²) < 4.78 is 10.8. The lowest BCUT2D eigenvalue weighted by Gasteiger charge is -2.33. The molecule has 2 aromatic carbocycles. The van der Waals surface area contributed by atoms with Gasteiger partial charge in [0, 0.05) is 37.3 Å². The summed E-state index contributed by atoms with van der Waals surface area (Å²) in [5.41, 5.74) is 3.05. The van der Waals surface area contributed by atoms with Gasteiger partial charge in [0.05, 0.1) is 12.7 Å². The van der Waals surface area contributed by atoms with E-state index in [9.17, 15) is 4.79 Å². The predicted octanol–water partition coefficient (Wildman–Crippen LogP) is 3.95. The van der Waals surface area contributed by atoms with Gasteiger partial charge in [-0.2, -0.15) is 0 Å². The summed E-state index contributed by atoms with van der Waals surface area (Å²) in [5.74, 6) is 0.0698. The van der Waals surface area contributed by atoms with Crippen LogP contribution in [0.4, 0.5) is 0 Å². The average Bonchev–Trinajstić information content (AvgIpc) is 2.72. The van der Waals surface area contributed by atoms with E-state index in [2.05, 4.69) is 18.4 Å². The molecule has 2 aromatic rings. The summed E-state index contributed by atoms with van der Waals surface area (Å²) >= 11 is 1.73. The molecule has 1 amide bonds. The number of thioether (sulfide) groups is 1. The fourth-order valence-corrected chi connectivity index (χ4v) is 3.81.